The van der Waals surface area contributed by atoms with Crippen LogP contribution in [0.15, 0.2) is 24.3 Å². The number of fused-ring (bicyclic) bond motifs is 1. The second-order valence-electron chi connectivity index (χ2n) is 4.32. The second-order valence-corrected chi connectivity index (χ2v) is 5.44. The first-order valence-electron chi connectivity index (χ1n) is 6.40. The minimum Gasteiger partial charge on any atom is -0.383 e. The molecule has 18 heavy (non-hydrogen) atoms. The zero-order valence-electron chi connectivity index (χ0n) is 11.0. The number of aryl methyl sites for hydroxylation is 1. The Morgan fingerprint density at radius 1 is 1.39 bits per heavy atom. The largest absolute Gasteiger partial charge is 0.383 e. The fourth-order valence-electron chi connectivity index (χ4n) is 2.06. The number of rotatable bonds is 7. The van der Waals surface area contributed by atoms with Gasteiger partial charge in [0.15, 0.2) is 0 Å². The summed E-state index contributed by atoms with van der Waals surface area (Å²) in [6.07, 6.45) is 2.09. The van der Waals surface area contributed by atoms with Gasteiger partial charge in [-0.3, -0.25) is 0 Å². The SMILES string of the molecule is CCNC(CCc1nc2ccccc2s1)COC. The first kappa shape index (κ1) is 13.5. The van der Waals surface area contributed by atoms with E-state index in [4.69, 9.17) is 4.74 Å². The number of ether oxygens (including phenoxy) is 1. The number of para-hydroxylation sites is 1. The van der Waals surface area contributed by atoms with E-state index in [2.05, 4.69) is 35.4 Å². The van der Waals surface area contributed by atoms with Gasteiger partial charge in [-0.2, -0.15) is 0 Å². The second kappa shape index (κ2) is 6.83. The van der Waals surface area contributed by atoms with Gasteiger partial charge in [-0.25, -0.2) is 4.98 Å². The van der Waals surface area contributed by atoms with E-state index in [0.717, 1.165) is 31.5 Å². The van der Waals surface area contributed by atoms with Gasteiger partial charge in [-0.05, 0) is 25.1 Å². The fraction of sp³-hybridized carbons (Fsp3) is 0.500. The summed E-state index contributed by atoms with van der Waals surface area (Å²) >= 11 is 1.80. The molecule has 0 saturated heterocycles. The molecule has 2 rings (SSSR count). The quantitative estimate of drug-likeness (QED) is 0.835. The van der Waals surface area contributed by atoms with E-state index in [1.807, 2.05) is 6.07 Å². The number of nitrogens with zero attached hydrogens (tertiary/aromatic N) is 1. The van der Waals surface area contributed by atoms with E-state index in [9.17, 15) is 0 Å². The van der Waals surface area contributed by atoms with Crippen molar-refractivity contribution in [2.45, 2.75) is 25.8 Å². The van der Waals surface area contributed by atoms with Crippen LogP contribution in [0.1, 0.15) is 18.4 Å². The number of thiazole rings is 1. The summed E-state index contributed by atoms with van der Waals surface area (Å²) in [5.74, 6) is 0. The van der Waals surface area contributed by atoms with E-state index in [1.165, 1.54) is 9.71 Å². The normalized spacial score (nSPS) is 13.0. The van der Waals surface area contributed by atoms with E-state index < -0.39 is 0 Å². The molecule has 98 valence electrons. The highest BCUT2D eigenvalue weighted by atomic mass is 32.1. The summed E-state index contributed by atoms with van der Waals surface area (Å²) < 4.78 is 6.50. The molecule has 0 amide bonds. The molecule has 0 aliphatic heterocycles. The predicted molar refractivity (Wildman–Crippen MR) is 77.3 cm³/mol. The fourth-order valence-corrected chi connectivity index (χ4v) is 3.04. The van der Waals surface area contributed by atoms with Crippen LogP contribution in [0, 0.1) is 0 Å². The molecule has 0 radical (unpaired) electrons. The average molecular weight is 264 g/mol. The molecule has 0 fully saturated rings. The lowest BCUT2D eigenvalue weighted by atomic mass is 10.1. The molecular formula is C14H20N2OS. The molecule has 2 aromatic rings. The van der Waals surface area contributed by atoms with E-state index in [-0.39, 0.29) is 0 Å². The maximum absolute atomic E-state index is 5.22. The van der Waals surface area contributed by atoms with Crippen molar-refractivity contribution in [2.24, 2.45) is 0 Å². The third-order valence-electron chi connectivity index (χ3n) is 2.91. The van der Waals surface area contributed by atoms with Crippen LogP contribution >= 0.6 is 11.3 Å². The third-order valence-corrected chi connectivity index (χ3v) is 4.00. The molecule has 0 aliphatic rings. The number of likely N-dealkylation sites (N-methyl/N-ethyl adjacent to an activating group) is 1. The van der Waals surface area contributed by atoms with Crippen LogP contribution in [-0.2, 0) is 11.2 Å². The van der Waals surface area contributed by atoms with E-state index in [0.29, 0.717) is 6.04 Å². The van der Waals surface area contributed by atoms with Gasteiger partial charge >= 0.3 is 0 Å². The van der Waals surface area contributed by atoms with Gasteiger partial charge in [0, 0.05) is 19.6 Å². The van der Waals surface area contributed by atoms with Crippen molar-refractivity contribution in [2.75, 3.05) is 20.3 Å². The standard InChI is InChI=1S/C14H20N2OS/c1-3-15-11(10-17-2)8-9-14-16-12-6-4-5-7-13(12)18-14/h4-7,11,15H,3,8-10H2,1-2H3. The maximum atomic E-state index is 5.22. The molecule has 1 atom stereocenters. The van der Waals surface area contributed by atoms with Crippen molar-refractivity contribution in [3.05, 3.63) is 29.3 Å². The van der Waals surface area contributed by atoms with Crippen LogP contribution in [0.3, 0.4) is 0 Å². The molecule has 0 saturated carbocycles. The van der Waals surface area contributed by atoms with Gasteiger partial charge in [-0.15, -0.1) is 11.3 Å². The summed E-state index contributed by atoms with van der Waals surface area (Å²) in [4.78, 5) is 4.65. The minimum atomic E-state index is 0.423. The molecule has 0 spiro atoms. The van der Waals surface area contributed by atoms with Crippen molar-refractivity contribution in [3.63, 3.8) is 0 Å². The molecule has 0 bridgehead atoms. The van der Waals surface area contributed by atoms with Crippen molar-refractivity contribution in [3.8, 4) is 0 Å². The molecule has 0 aliphatic carbocycles. The minimum absolute atomic E-state index is 0.423. The van der Waals surface area contributed by atoms with Crippen molar-refractivity contribution in [1.82, 2.24) is 10.3 Å². The number of benzene rings is 1. The molecule has 1 aromatic carbocycles. The molecular weight excluding hydrogens is 244 g/mol. The highest BCUT2D eigenvalue weighted by Crippen LogP contribution is 2.22. The van der Waals surface area contributed by atoms with Crippen LogP contribution in [-0.4, -0.2) is 31.3 Å². The Labute approximate surface area is 112 Å². The number of aromatic nitrogens is 1. The summed E-state index contributed by atoms with van der Waals surface area (Å²) in [5, 5.41) is 4.66. The van der Waals surface area contributed by atoms with Crippen molar-refractivity contribution in [1.29, 1.82) is 0 Å². The third kappa shape index (κ3) is 3.51. The Balaban J connectivity index is 1.95. The Morgan fingerprint density at radius 2 is 2.22 bits per heavy atom. The van der Waals surface area contributed by atoms with Crippen molar-refractivity contribution >= 4 is 21.6 Å². The molecule has 1 unspecified atom stereocenters. The number of hydrogen-bond acceptors (Lipinski definition) is 4. The Hall–Kier alpha value is -0.970. The van der Waals surface area contributed by atoms with Gasteiger partial charge in [0.1, 0.15) is 0 Å². The first-order chi connectivity index (χ1) is 8.83. The van der Waals surface area contributed by atoms with Crippen LogP contribution in [0.5, 0.6) is 0 Å². The van der Waals surface area contributed by atoms with Crippen LogP contribution in [0.25, 0.3) is 10.2 Å². The van der Waals surface area contributed by atoms with Gasteiger partial charge in [0.2, 0.25) is 0 Å². The summed E-state index contributed by atoms with van der Waals surface area (Å²) in [5.41, 5.74) is 1.12. The highest BCUT2D eigenvalue weighted by Gasteiger charge is 2.09. The number of nitrogens with one attached hydrogen (secondary N) is 1. The van der Waals surface area contributed by atoms with Gasteiger partial charge in [0.25, 0.3) is 0 Å². The lowest BCUT2D eigenvalue weighted by molar-refractivity contribution is 0.163. The first-order valence-corrected chi connectivity index (χ1v) is 7.22. The van der Waals surface area contributed by atoms with Crippen LogP contribution < -0.4 is 5.32 Å². The Morgan fingerprint density at radius 3 is 2.94 bits per heavy atom. The molecule has 1 heterocycles. The zero-order valence-corrected chi connectivity index (χ0v) is 11.8. The molecule has 1 N–H and O–H groups in total. The number of hydrogen-bond donors (Lipinski definition) is 1. The average Bonchev–Trinajstić information content (AvgIpc) is 2.79. The van der Waals surface area contributed by atoms with Gasteiger partial charge in [-0.1, -0.05) is 19.1 Å². The smallest absolute Gasteiger partial charge is 0.0939 e. The summed E-state index contributed by atoms with van der Waals surface area (Å²) in [6.45, 7) is 3.87. The Kier molecular flexibility index (Phi) is 5.11. The van der Waals surface area contributed by atoms with Gasteiger partial charge in [0.05, 0.1) is 21.8 Å². The van der Waals surface area contributed by atoms with E-state index in [1.54, 1.807) is 18.4 Å². The maximum Gasteiger partial charge on any atom is 0.0939 e. The van der Waals surface area contributed by atoms with Crippen LogP contribution in [0.4, 0.5) is 0 Å². The summed E-state index contributed by atoms with van der Waals surface area (Å²) in [7, 11) is 1.75. The number of methoxy groups -OCH3 is 1. The van der Waals surface area contributed by atoms with Crippen molar-refractivity contribution < 1.29 is 4.74 Å². The summed E-state index contributed by atoms with van der Waals surface area (Å²) in [6, 6.07) is 8.74. The predicted octanol–water partition coefficient (Wildman–Crippen LogP) is 2.85. The molecule has 4 heteroatoms. The lowest BCUT2D eigenvalue weighted by Crippen LogP contribution is -2.33. The molecule has 3 nitrogen and oxygen atoms in total. The molecule has 1 aromatic heterocycles. The highest BCUT2D eigenvalue weighted by molar-refractivity contribution is 7.18. The zero-order chi connectivity index (χ0) is 12.8. The van der Waals surface area contributed by atoms with Gasteiger partial charge < -0.3 is 10.1 Å². The van der Waals surface area contributed by atoms with E-state index >= 15 is 0 Å². The lowest BCUT2D eigenvalue weighted by Gasteiger charge is -2.15. The topological polar surface area (TPSA) is 34.2 Å². The monoisotopic (exact) mass is 264 g/mol. The van der Waals surface area contributed by atoms with Crippen LogP contribution in [0.2, 0.25) is 0 Å². The Bertz CT molecular complexity index is 444.